The molecule has 0 spiro atoms. The first-order valence-corrected chi connectivity index (χ1v) is 6.51. The number of nitrogens with one attached hydrogen (secondary N) is 1. The molecule has 19 heavy (non-hydrogen) atoms. The van der Waals surface area contributed by atoms with E-state index in [1.807, 2.05) is 0 Å². The largest absolute Gasteiger partial charge is 0.481 e. The maximum Gasteiger partial charge on any atom is 0.417 e. The number of oxazole rings is 1. The Morgan fingerprint density at radius 1 is 1.37 bits per heavy atom. The fourth-order valence-electron chi connectivity index (χ4n) is 3.06. The molecule has 5 heteroatoms. The molecule has 0 saturated heterocycles. The summed E-state index contributed by atoms with van der Waals surface area (Å²) in [6, 6.07) is 5.15. The van der Waals surface area contributed by atoms with E-state index in [1.165, 1.54) is 0 Å². The summed E-state index contributed by atoms with van der Waals surface area (Å²) in [4.78, 5) is 25.2. The van der Waals surface area contributed by atoms with Crippen molar-refractivity contribution in [1.82, 2.24) is 4.98 Å². The number of rotatable bonds is 3. The molecular weight excluding hydrogens is 246 g/mol. The first-order valence-electron chi connectivity index (χ1n) is 6.51. The smallest absolute Gasteiger partial charge is 0.417 e. The zero-order valence-corrected chi connectivity index (χ0v) is 10.4. The Bertz CT molecular complexity index is 663. The number of benzene rings is 1. The second-order valence-corrected chi connectivity index (χ2v) is 5.13. The highest BCUT2D eigenvalue weighted by atomic mass is 16.4. The van der Waals surface area contributed by atoms with Crippen molar-refractivity contribution in [3.63, 3.8) is 0 Å². The molecule has 100 valence electrons. The zero-order valence-electron chi connectivity index (χ0n) is 10.4. The highest BCUT2D eigenvalue weighted by Gasteiger charge is 2.32. The van der Waals surface area contributed by atoms with Crippen molar-refractivity contribution < 1.29 is 14.3 Å². The van der Waals surface area contributed by atoms with E-state index in [0.717, 1.165) is 31.2 Å². The molecule has 1 saturated carbocycles. The standard InChI is InChI=1S/C14H15NO4/c16-13(17)12(8-3-1-2-4-8)9-5-6-10-11(7-9)19-14(18)15-10/h5-8,12H,1-4H2,(H,15,18)(H,16,17). The van der Waals surface area contributed by atoms with E-state index in [-0.39, 0.29) is 5.92 Å². The first kappa shape index (κ1) is 12.0. The molecule has 1 aromatic heterocycles. The van der Waals surface area contributed by atoms with Crippen LogP contribution in [-0.2, 0) is 4.79 Å². The Morgan fingerprint density at radius 2 is 2.11 bits per heavy atom. The van der Waals surface area contributed by atoms with Crippen LogP contribution in [0.25, 0.3) is 11.1 Å². The van der Waals surface area contributed by atoms with Crippen molar-refractivity contribution in [2.45, 2.75) is 31.6 Å². The van der Waals surface area contributed by atoms with Crippen LogP contribution in [0.3, 0.4) is 0 Å². The van der Waals surface area contributed by atoms with Crippen molar-refractivity contribution in [3.05, 3.63) is 34.3 Å². The van der Waals surface area contributed by atoms with Crippen LogP contribution in [0.2, 0.25) is 0 Å². The second-order valence-electron chi connectivity index (χ2n) is 5.13. The average Bonchev–Trinajstić information content (AvgIpc) is 2.96. The van der Waals surface area contributed by atoms with Crippen molar-refractivity contribution in [2.24, 2.45) is 5.92 Å². The molecular formula is C14H15NO4. The summed E-state index contributed by atoms with van der Waals surface area (Å²) in [6.07, 6.45) is 4.09. The van der Waals surface area contributed by atoms with Crippen LogP contribution in [0.15, 0.2) is 27.4 Å². The van der Waals surface area contributed by atoms with Gasteiger partial charge in [-0.15, -0.1) is 0 Å². The SMILES string of the molecule is O=C(O)C(c1ccc2[nH]c(=O)oc2c1)C1CCCC1. The summed E-state index contributed by atoms with van der Waals surface area (Å²) < 4.78 is 5.00. The van der Waals surface area contributed by atoms with Gasteiger partial charge >= 0.3 is 11.7 Å². The highest BCUT2D eigenvalue weighted by molar-refractivity contribution is 5.80. The summed E-state index contributed by atoms with van der Waals surface area (Å²) >= 11 is 0. The molecule has 1 heterocycles. The number of hydrogen-bond donors (Lipinski definition) is 2. The van der Waals surface area contributed by atoms with E-state index in [2.05, 4.69) is 4.98 Å². The van der Waals surface area contributed by atoms with Crippen molar-refractivity contribution in [1.29, 1.82) is 0 Å². The molecule has 3 rings (SSSR count). The predicted octanol–water partition coefficient (Wildman–Crippen LogP) is 2.48. The summed E-state index contributed by atoms with van der Waals surface area (Å²) in [5.74, 6) is -1.64. The minimum Gasteiger partial charge on any atom is -0.481 e. The number of hydrogen-bond acceptors (Lipinski definition) is 3. The van der Waals surface area contributed by atoms with Crippen LogP contribution in [-0.4, -0.2) is 16.1 Å². The van der Waals surface area contributed by atoms with Crippen molar-refractivity contribution in [2.75, 3.05) is 0 Å². The minimum absolute atomic E-state index is 0.181. The van der Waals surface area contributed by atoms with Gasteiger partial charge in [0.25, 0.3) is 0 Å². The van der Waals surface area contributed by atoms with Gasteiger partial charge in [-0.2, -0.15) is 0 Å². The van der Waals surface area contributed by atoms with Crippen LogP contribution in [0.4, 0.5) is 0 Å². The number of H-pyrrole nitrogens is 1. The Labute approximate surface area is 109 Å². The number of aromatic amines is 1. The molecule has 1 unspecified atom stereocenters. The first-order chi connectivity index (χ1) is 9.15. The molecule has 1 aromatic carbocycles. The van der Waals surface area contributed by atoms with Gasteiger partial charge in [0.2, 0.25) is 0 Å². The van der Waals surface area contributed by atoms with Crippen molar-refractivity contribution in [3.8, 4) is 0 Å². The van der Waals surface area contributed by atoms with Gasteiger partial charge in [-0.1, -0.05) is 18.9 Å². The third kappa shape index (κ3) is 2.16. The van der Waals surface area contributed by atoms with Gasteiger partial charge in [0.1, 0.15) is 0 Å². The molecule has 1 aliphatic rings. The molecule has 1 atom stereocenters. The van der Waals surface area contributed by atoms with Crippen molar-refractivity contribution >= 4 is 17.1 Å². The van der Waals surface area contributed by atoms with Gasteiger partial charge < -0.3 is 9.52 Å². The molecule has 1 aliphatic carbocycles. The Kier molecular flexibility index (Phi) is 2.89. The van der Waals surface area contributed by atoms with E-state index in [0.29, 0.717) is 11.1 Å². The number of aromatic nitrogens is 1. The molecule has 2 N–H and O–H groups in total. The van der Waals surface area contributed by atoms with Gasteiger partial charge in [0.15, 0.2) is 5.58 Å². The summed E-state index contributed by atoms with van der Waals surface area (Å²) in [7, 11) is 0. The van der Waals surface area contributed by atoms with Crippen LogP contribution < -0.4 is 5.76 Å². The highest BCUT2D eigenvalue weighted by Crippen LogP contribution is 2.38. The lowest BCUT2D eigenvalue weighted by Gasteiger charge is -2.19. The van der Waals surface area contributed by atoms with Gasteiger partial charge in [-0.25, -0.2) is 4.79 Å². The topological polar surface area (TPSA) is 83.3 Å². The normalized spacial score (nSPS) is 17.9. The zero-order chi connectivity index (χ0) is 13.4. The molecule has 0 radical (unpaired) electrons. The van der Waals surface area contributed by atoms with Crippen LogP contribution in [0.1, 0.15) is 37.2 Å². The van der Waals surface area contributed by atoms with E-state index in [1.54, 1.807) is 18.2 Å². The predicted molar refractivity (Wildman–Crippen MR) is 69.2 cm³/mol. The summed E-state index contributed by atoms with van der Waals surface area (Å²) in [5.41, 5.74) is 1.74. The van der Waals surface area contributed by atoms with Gasteiger partial charge in [-0.3, -0.25) is 9.78 Å². The van der Waals surface area contributed by atoms with E-state index in [9.17, 15) is 14.7 Å². The maximum atomic E-state index is 11.5. The fourth-order valence-corrected chi connectivity index (χ4v) is 3.06. The number of aliphatic carboxylic acids is 1. The third-order valence-corrected chi connectivity index (χ3v) is 3.94. The molecule has 2 aromatic rings. The van der Waals surface area contributed by atoms with Crippen LogP contribution in [0, 0.1) is 5.92 Å². The number of carbonyl (C=O) groups is 1. The second kappa shape index (κ2) is 4.57. The molecule has 0 aliphatic heterocycles. The van der Waals surface area contributed by atoms with E-state index >= 15 is 0 Å². The van der Waals surface area contributed by atoms with Crippen LogP contribution in [0.5, 0.6) is 0 Å². The van der Waals surface area contributed by atoms with Gasteiger partial charge in [0, 0.05) is 0 Å². The fraction of sp³-hybridized carbons (Fsp3) is 0.429. The lowest BCUT2D eigenvalue weighted by Crippen LogP contribution is -2.19. The molecule has 0 amide bonds. The minimum atomic E-state index is -0.802. The molecule has 1 fully saturated rings. The monoisotopic (exact) mass is 261 g/mol. The van der Waals surface area contributed by atoms with Crippen LogP contribution >= 0.6 is 0 Å². The van der Waals surface area contributed by atoms with Gasteiger partial charge in [0.05, 0.1) is 11.4 Å². The Balaban J connectivity index is 2.03. The Morgan fingerprint density at radius 3 is 2.79 bits per heavy atom. The Hall–Kier alpha value is -2.04. The van der Waals surface area contributed by atoms with Gasteiger partial charge in [-0.05, 0) is 36.5 Å². The molecule has 5 nitrogen and oxygen atoms in total. The average molecular weight is 261 g/mol. The quantitative estimate of drug-likeness (QED) is 0.889. The summed E-state index contributed by atoms with van der Waals surface area (Å²) in [5, 5.41) is 9.46. The number of fused-ring (bicyclic) bond motifs is 1. The van der Waals surface area contributed by atoms with E-state index in [4.69, 9.17) is 4.42 Å². The third-order valence-electron chi connectivity index (χ3n) is 3.94. The lowest BCUT2D eigenvalue weighted by atomic mass is 9.85. The maximum absolute atomic E-state index is 11.5. The van der Waals surface area contributed by atoms with E-state index < -0.39 is 17.6 Å². The number of carboxylic acid groups (broad SMARTS) is 1. The number of carboxylic acids is 1. The summed E-state index contributed by atoms with van der Waals surface area (Å²) in [6.45, 7) is 0. The lowest BCUT2D eigenvalue weighted by molar-refractivity contribution is -0.140. The molecule has 0 bridgehead atoms.